The number of carbonyl (C=O) groups excluding carboxylic acids is 1. The van der Waals surface area contributed by atoms with E-state index in [1.807, 2.05) is 24.4 Å². The van der Waals surface area contributed by atoms with Crippen LogP contribution in [0.25, 0.3) is 16.6 Å². The molecule has 3 aromatic rings. The van der Waals surface area contributed by atoms with E-state index in [0.29, 0.717) is 11.3 Å². The van der Waals surface area contributed by atoms with Crippen LogP contribution in [0.4, 0.5) is 0 Å². The van der Waals surface area contributed by atoms with Gasteiger partial charge in [0.1, 0.15) is 5.69 Å². The quantitative estimate of drug-likeness (QED) is 0.714. The van der Waals surface area contributed by atoms with E-state index in [2.05, 4.69) is 31.2 Å². The van der Waals surface area contributed by atoms with E-state index in [1.165, 1.54) is 5.57 Å². The fraction of sp³-hybridized carbons (Fsp3) is 0.273. The highest BCUT2D eigenvalue weighted by atomic mass is 16.1. The van der Waals surface area contributed by atoms with Crippen molar-refractivity contribution >= 4 is 22.5 Å². The fourth-order valence-corrected chi connectivity index (χ4v) is 3.53. The smallest absolute Gasteiger partial charge is 0.269 e. The molecule has 0 spiro atoms. The van der Waals surface area contributed by atoms with Gasteiger partial charge in [0.25, 0.3) is 11.5 Å². The van der Waals surface area contributed by atoms with E-state index in [1.54, 1.807) is 26.2 Å². The molecular weight excluding hydrogens is 366 g/mol. The molecule has 0 bridgehead atoms. The molecule has 29 heavy (non-hydrogen) atoms. The topological polar surface area (TPSA) is 91.0 Å². The van der Waals surface area contributed by atoms with Crippen molar-refractivity contribution in [2.75, 3.05) is 20.1 Å². The molecule has 0 aromatic carbocycles. The Morgan fingerprint density at radius 1 is 1.24 bits per heavy atom. The summed E-state index contributed by atoms with van der Waals surface area (Å²) in [6.45, 7) is 4.31. The van der Waals surface area contributed by atoms with Crippen molar-refractivity contribution in [1.29, 1.82) is 0 Å². The number of fused-ring (bicyclic) bond motifs is 1. The summed E-state index contributed by atoms with van der Waals surface area (Å²) in [5.74, 6) is -0.180. The molecule has 0 fully saturated rings. The molecule has 0 saturated heterocycles. The maximum Gasteiger partial charge on any atom is 0.269 e. The number of hydrogen-bond acceptors (Lipinski definition) is 5. The lowest BCUT2D eigenvalue weighted by Crippen LogP contribution is -2.28. The van der Waals surface area contributed by atoms with Crippen LogP contribution in [0.2, 0.25) is 0 Å². The molecule has 148 valence electrons. The number of hydrogen-bond donors (Lipinski definition) is 2. The number of aryl methyl sites for hydroxylation is 1. The maximum atomic E-state index is 11.9. The van der Waals surface area contributed by atoms with Gasteiger partial charge in [-0.3, -0.25) is 24.5 Å². The summed E-state index contributed by atoms with van der Waals surface area (Å²) in [7, 11) is 1.60. The zero-order valence-electron chi connectivity index (χ0n) is 16.5. The van der Waals surface area contributed by atoms with Crippen LogP contribution in [0.5, 0.6) is 0 Å². The summed E-state index contributed by atoms with van der Waals surface area (Å²) in [5.41, 5.74) is 5.97. The van der Waals surface area contributed by atoms with Crippen LogP contribution in [0, 0.1) is 6.92 Å². The van der Waals surface area contributed by atoms with Gasteiger partial charge in [0.05, 0.1) is 11.0 Å². The largest absolute Gasteiger partial charge is 0.354 e. The Morgan fingerprint density at radius 2 is 2.10 bits per heavy atom. The molecule has 0 aliphatic carbocycles. The molecule has 0 unspecified atom stereocenters. The Hall–Kier alpha value is -3.32. The van der Waals surface area contributed by atoms with Gasteiger partial charge in [-0.05, 0) is 48.2 Å². The molecule has 0 atom stereocenters. The Kier molecular flexibility index (Phi) is 5.22. The van der Waals surface area contributed by atoms with E-state index >= 15 is 0 Å². The van der Waals surface area contributed by atoms with Crippen molar-refractivity contribution in [2.24, 2.45) is 0 Å². The summed E-state index contributed by atoms with van der Waals surface area (Å²) >= 11 is 0. The lowest BCUT2D eigenvalue weighted by Gasteiger charge is -2.26. The van der Waals surface area contributed by atoms with Gasteiger partial charge >= 0.3 is 0 Å². The zero-order chi connectivity index (χ0) is 20.4. The Morgan fingerprint density at radius 3 is 2.79 bits per heavy atom. The molecule has 2 N–H and O–H groups in total. The summed E-state index contributed by atoms with van der Waals surface area (Å²) in [6.07, 6.45) is 6.76. The van der Waals surface area contributed by atoms with Gasteiger partial charge < -0.3 is 10.3 Å². The number of pyridine rings is 3. The third kappa shape index (κ3) is 4.09. The van der Waals surface area contributed by atoms with Gasteiger partial charge in [0, 0.05) is 44.6 Å². The second-order valence-corrected chi connectivity index (χ2v) is 7.28. The van der Waals surface area contributed by atoms with Gasteiger partial charge in [-0.1, -0.05) is 12.1 Å². The number of rotatable bonds is 4. The van der Waals surface area contributed by atoms with Gasteiger partial charge in [-0.2, -0.15) is 0 Å². The van der Waals surface area contributed by atoms with E-state index in [9.17, 15) is 9.59 Å². The number of nitrogens with zero attached hydrogens (tertiary/aromatic N) is 3. The predicted octanol–water partition coefficient (Wildman–Crippen LogP) is 2.28. The van der Waals surface area contributed by atoms with Crippen molar-refractivity contribution in [2.45, 2.75) is 19.9 Å². The molecular formula is C22H23N5O2. The van der Waals surface area contributed by atoms with Gasteiger partial charge in [-0.15, -0.1) is 0 Å². The zero-order valence-corrected chi connectivity index (χ0v) is 16.5. The van der Waals surface area contributed by atoms with Crippen molar-refractivity contribution in [1.82, 2.24) is 25.2 Å². The molecule has 4 rings (SSSR count). The molecule has 1 aliphatic rings. The van der Waals surface area contributed by atoms with Crippen LogP contribution in [0.15, 0.2) is 47.5 Å². The Bertz CT molecular complexity index is 1150. The van der Waals surface area contributed by atoms with Crippen molar-refractivity contribution in [3.63, 3.8) is 0 Å². The van der Waals surface area contributed by atoms with Gasteiger partial charge in [0.15, 0.2) is 0 Å². The van der Waals surface area contributed by atoms with Crippen molar-refractivity contribution < 1.29 is 4.79 Å². The molecule has 0 radical (unpaired) electrons. The molecule has 0 saturated carbocycles. The first-order valence-corrected chi connectivity index (χ1v) is 9.62. The molecule has 1 aliphatic heterocycles. The highest BCUT2D eigenvalue weighted by Crippen LogP contribution is 2.23. The van der Waals surface area contributed by atoms with Crippen LogP contribution in [0.3, 0.4) is 0 Å². The Balaban J connectivity index is 1.44. The van der Waals surface area contributed by atoms with E-state index in [0.717, 1.165) is 48.2 Å². The lowest BCUT2D eigenvalue weighted by atomic mass is 10.0. The first-order chi connectivity index (χ1) is 14.0. The third-order valence-electron chi connectivity index (χ3n) is 5.23. The predicted molar refractivity (Wildman–Crippen MR) is 113 cm³/mol. The van der Waals surface area contributed by atoms with Crippen LogP contribution in [-0.2, 0) is 6.54 Å². The normalized spacial score (nSPS) is 14.6. The SMILES string of the molecule is CNC(=O)c1ccc(C2=CCN(Cc3cnc4cc(C)c(=O)[nH]c4c3)CC2)cn1. The highest BCUT2D eigenvalue weighted by Gasteiger charge is 2.15. The number of carbonyl (C=O) groups is 1. The van der Waals surface area contributed by atoms with E-state index < -0.39 is 0 Å². The number of amides is 1. The van der Waals surface area contributed by atoms with Crippen LogP contribution >= 0.6 is 0 Å². The number of nitrogens with one attached hydrogen (secondary N) is 2. The van der Waals surface area contributed by atoms with Crippen molar-refractivity contribution in [3.8, 4) is 0 Å². The molecule has 7 heteroatoms. The summed E-state index contributed by atoms with van der Waals surface area (Å²) in [5, 5.41) is 2.58. The monoisotopic (exact) mass is 389 g/mol. The average Bonchev–Trinajstić information content (AvgIpc) is 2.75. The van der Waals surface area contributed by atoms with Gasteiger partial charge in [0.2, 0.25) is 0 Å². The number of aromatic amines is 1. The molecule has 4 heterocycles. The lowest BCUT2D eigenvalue weighted by molar-refractivity contribution is 0.0958. The first-order valence-electron chi connectivity index (χ1n) is 9.62. The molecule has 7 nitrogen and oxygen atoms in total. The van der Waals surface area contributed by atoms with Crippen LogP contribution in [-0.4, -0.2) is 45.9 Å². The highest BCUT2D eigenvalue weighted by molar-refractivity contribution is 5.92. The minimum atomic E-state index is -0.180. The summed E-state index contributed by atoms with van der Waals surface area (Å²) in [6, 6.07) is 7.52. The van der Waals surface area contributed by atoms with Gasteiger partial charge in [-0.25, -0.2) is 0 Å². The minimum absolute atomic E-state index is 0.0713. The number of H-pyrrole nitrogens is 1. The van der Waals surface area contributed by atoms with E-state index in [4.69, 9.17) is 0 Å². The minimum Gasteiger partial charge on any atom is -0.354 e. The molecule has 1 amide bonds. The first kappa shape index (κ1) is 19.0. The van der Waals surface area contributed by atoms with E-state index in [-0.39, 0.29) is 11.5 Å². The maximum absolute atomic E-state index is 11.9. The standard InChI is InChI=1S/C22H23N5O2/c1-14-9-19-20(26-21(14)28)10-15(11-24-19)13-27-7-5-16(6-8-27)17-3-4-18(25-12-17)22(29)23-2/h3-5,9-12H,6-8,13H2,1-2H3,(H,23,29)(H,26,28). The number of aromatic nitrogens is 3. The summed E-state index contributed by atoms with van der Waals surface area (Å²) < 4.78 is 0. The molecule has 3 aromatic heterocycles. The summed E-state index contributed by atoms with van der Waals surface area (Å²) in [4.78, 5) is 37.4. The fourth-order valence-electron chi connectivity index (χ4n) is 3.53. The Labute approximate surface area is 168 Å². The van der Waals surface area contributed by atoms with Crippen LogP contribution < -0.4 is 10.9 Å². The average molecular weight is 389 g/mol. The van der Waals surface area contributed by atoms with Crippen molar-refractivity contribution in [3.05, 3.63) is 75.5 Å². The third-order valence-corrected chi connectivity index (χ3v) is 5.23. The van der Waals surface area contributed by atoms with Crippen LogP contribution in [0.1, 0.15) is 33.6 Å². The second kappa shape index (κ2) is 7.97. The second-order valence-electron chi connectivity index (χ2n) is 7.28.